The van der Waals surface area contributed by atoms with Crippen molar-refractivity contribution in [2.24, 2.45) is 5.92 Å². The summed E-state index contributed by atoms with van der Waals surface area (Å²) in [6.07, 6.45) is -3.58. The Kier molecular flexibility index (Phi) is 5.00. The Hall–Kier alpha value is -2.58. The third kappa shape index (κ3) is 3.82. The number of aryl methyl sites for hydroxylation is 1. The first-order valence-electron chi connectivity index (χ1n) is 9.83. The third-order valence-corrected chi connectivity index (χ3v) is 5.81. The molecule has 0 bridgehead atoms. The SMILES string of the molecule is Cc1ccc(Cn2nc3n(c2=O)C(C(=O)N2CCCC2)CC(C(F)(F)F)C3)cc1. The first-order valence-corrected chi connectivity index (χ1v) is 9.83. The van der Waals surface area contributed by atoms with Gasteiger partial charge in [-0.15, -0.1) is 0 Å². The third-order valence-electron chi connectivity index (χ3n) is 5.81. The zero-order valence-corrected chi connectivity index (χ0v) is 16.2. The molecule has 1 aromatic heterocycles. The van der Waals surface area contributed by atoms with E-state index in [1.165, 1.54) is 9.25 Å². The van der Waals surface area contributed by atoms with E-state index < -0.39 is 36.2 Å². The normalized spacial score (nSPS) is 22.0. The van der Waals surface area contributed by atoms with Crippen LogP contribution in [0.15, 0.2) is 29.1 Å². The molecule has 1 amide bonds. The standard InChI is InChI=1S/C20H23F3N4O2/c1-13-4-6-14(7-5-13)12-26-19(29)27-16(18(28)25-8-2-3-9-25)10-15(20(21,22)23)11-17(27)24-26/h4-7,15-16H,2-3,8-12H2,1H3. The van der Waals surface area contributed by atoms with Crippen LogP contribution in [0.1, 0.15) is 42.3 Å². The number of likely N-dealkylation sites (tertiary alicyclic amines) is 1. The number of fused-ring (bicyclic) bond motifs is 1. The van der Waals surface area contributed by atoms with Gasteiger partial charge in [0.2, 0.25) is 5.91 Å². The van der Waals surface area contributed by atoms with Crippen molar-refractivity contribution in [3.8, 4) is 0 Å². The van der Waals surface area contributed by atoms with Gasteiger partial charge in [0, 0.05) is 19.5 Å². The summed E-state index contributed by atoms with van der Waals surface area (Å²) in [6, 6.07) is 6.35. The lowest BCUT2D eigenvalue weighted by atomic mass is 9.91. The van der Waals surface area contributed by atoms with Crippen molar-refractivity contribution in [3.63, 3.8) is 0 Å². The van der Waals surface area contributed by atoms with E-state index in [2.05, 4.69) is 5.10 Å². The van der Waals surface area contributed by atoms with E-state index in [0.29, 0.717) is 13.1 Å². The highest BCUT2D eigenvalue weighted by atomic mass is 19.4. The van der Waals surface area contributed by atoms with Gasteiger partial charge in [-0.2, -0.15) is 18.3 Å². The highest BCUT2D eigenvalue weighted by Gasteiger charge is 2.48. The molecule has 0 N–H and O–H groups in total. The number of nitrogens with zero attached hydrogens (tertiary/aromatic N) is 4. The highest BCUT2D eigenvalue weighted by molar-refractivity contribution is 5.81. The maximum atomic E-state index is 13.5. The molecule has 9 heteroatoms. The van der Waals surface area contributed by atoms with Gasteiger partial charge in [0.15, 0.2) is 0 Å². The van der Waals surface area contributed by atoms with Crippen molar-refractivity contribution in [1.82, 2.24) is 19.2 Å². The van der Waals surface area contributed by atoms with Crippen LogP contribution in [0.5, 0.6) is 0 Å². The summed E-state index contributed by atoms with van der Waals surface area (Å²) < 4.78 is 42.8. The van der Waals surface area contributed by atoms with Crippen molar-refractivity contribution >= 4 is 5.91 Å². The molecule has 1 fully saturated rings. The maximum Gasteiger partial charge on any atom is 0.392 e. The van der Waals surface area contributed by atoms with Gasteiger partial charge in [0.1, 0.15) is 11.9 Å². The lowest BCUT2D eigenvalue weighted by Gasteiger charge is -2.32. The van der Waals surface area contributed by atoms with Crippen molar-refractivity contribution < 1.29 is 18.0 Å². The minimum Gasteiger partial charge on any atom is -0.341 e. The minimum absolute atomic E-state index is 0.0354. The van der Waals surface area contributed by atoms with Crippen molar-refractivity contribution in [2.45, 2.75) is 51.4 Å². The molecule has 2 aliphatic heterocycles. The monoisotopic (exact) mass is 408 g/mol. The molecule has 2 aliphatic rings. The summed E-state index contributed by atoms with van der Waals surface area (Å²) in [4.78, 5) is 27.5. The Morgan fingerprint density at radius 3 is 2.45 bits per heavy atom. The molecule has 6 nitrogen and oxygen atoms in total. The van der Waals surface area contributed by atoms with Gasteiger partial charge in [-0.1, -0.05) is 29.8 Å². The van der Waals surface area contributed by atoms with Gasteiger partial charge < -0.3 is 4.90 Å². The van der Waals surface area contributed by atoms with E-state index in [-0.39, 0.29) is 18.8 Å². The molecule has 29 heavy (non-hydrogen) atoms. The fraction of sp³-hybridized carbons (Fsp3) is 0.550. The molecule has 2 aromatic rings. The Balaban J connectivity index is 1.70. The lowest BCUT2D eigenvalue weighted by Crippen LogP contribution is -2.45. The molecule has 0 radical (unpaired) electrons. The van der Waals surface area contributed by atoms with Crippen LogP contribution in [-0.2, 0) is 17.8 Å². The minimum atomic E-state index is -4.44. The highest BCUT2D eigenvalue weighted by Crippen LogP contribution is 2.39. The summed E-state index contributed by atoms with van der Waals surface area (Å²) in [5.41, 5.74) is 1.36. The van der Waals surface area contributed by atoms with Crippen LogP contribution in [0.3, 0.4) is 0 Å². The molecular weight excluding hydrogens is 385 g/mol. The number of hydrogen-bond donors (Lipinski definition) is 0. The Labute approximate surface area is 165 Å². The van der Waals surface area contributed by atoms with E-state index in [9.17, 15) is 22.8 Å². The molecule has 156 valence electrons. The molecule has 2 unspecified atom stereocenters. The predicted molar refractivity (Wildman–Crippen MR) is 99.5 cm³/mol. The van der Waals surface area contributed by atoms with Gasteiger partial charge >= 0.3 is 11.9 Å². The number of carbonyl (C=O) groups excluding carboxylic acids is 1. The second-order valence-corrected chi connectivity index (χ2v) is 7.94. The predicted octanol–water partition coefficient (Wildman–Crippen LogP) is 2.69. The molecule has 1 saturated heterocycles. The van der Waals surface area contributed by atoms with E-state index in [1.807, 2.05) is 31.2 Å². The van der Waals surface area contributed by atoms with E-state index in [0.717, 1.165) is 24.0 Å². The van der Waals surface area contributed by atoms with Gasteiger partial charge in [-0.05, 0) is 31.7 Å². The van der Waals surface area contributed by atoms with Crippen LogP contribution in [0, 0.1) is 12.8 Å². The fourth-order valence-corrected chi connectivity index (χ4v) is 4.17. The van der Waals surface area contributed by atoms with Crippen LogP contribution in [0.4, 0.5) is 13.2 Å². The molecule has 0 saturated carbocycles. The largest absolute Gasteiger partial charge is 0.392 e. The number of hydrogen-bond acceptors (Lipinski definition) is 3. The van der Waals surface area contributed by atoms with Crippen molar-refractivity contribution in [1.29, 1.82) is 0 Å². The summed E-state index contributed by atoms with van der Waals surface area (Å²) in [5, 5.41) is 4.19. The average molecular weight is 408 g/mol. The van der Waals surface area contributed by atoms with Crippen molar-refractivity contribution in [2.75, 3.05) is 13.1 Å². The second kappa shape index (κ2) is 7.35. The maximum absolute atomic E-state index is 13.5. The quantitative estimate of drug-likeness (QED) is 0.785. The van der Waals surface area contributed by atoms with Gasteiger partial charge in [-0.25, -0.2) is 9.48 Å². The number of rotatable bonds is 3. The van der Waals surface area contributed by atoms with Gasteiger partial charge in [-0.3, -0.25) is 9.36 Å². The molecule has 4 rings (SSSR count). The summed E-state index contributed by atoms with van der Waals surface area (Å²) >= 11 is 0. The van der Waals surface area contributed by atoms with Crippen LogP contribution < -0.4 is 5.69 Å². The van der Waals surface area contributed by atoms with Crippen LogP contribution >= 0.6 is 0 Å². The summed E-state index contributed by atoms with van der Waals surface area (Å²) in [5.74, 6) is -2.05. The summed E-state index contributed by atoms with van der Waals surface area (Å²) in [6.45, 7) is 3.14. The average Bonchev–Trinajstić information content (AvgIpc) is 3.31. The molecule has 2 atom stereocenters. The zero-order valence-electron chi connectivity index (χ0n) is 16.2. The van der Waals surface area contributed by atoms with Crippen molar-refractivity contribution in [3.05, 3.63) is 51.7 Å². The zero-order chi connectivity index (χ0) is 20.8. The Morgan fingerprint density at radius 1 is 1.17 bits per heavy atom. The van der Waals surface area contributed by atoms with E-state index in [4.69, 9.17) is 0 Å². The smallest absolute Gasteiger partial charge is 0.341 e. The molecular formula is C20H23F3N4O2. The number of halogens is 3. The molecule has 0 aliphatic carbocycles. The van der Waals surface area contributed by atoms with Gasteiger partial charge in [0.25, 0.3) is 0 Å². The number of aromatic nitrogens is 3. The molecule has 0 spiro atoms. The first kappa shape index (κ1) is 19.7. The molecule has 3 heterocycles. The lowest BCUT2D eigenvalue weighted by molar-refractivity contribution is -0.183. The van der Waals surface area contributed by atoms with Crippen LogP contribution in [0.2, 0.25) is 0 Å². The Bertz CT molecular complexity index is 956. The van der Waals surface area contributed by atoms with E-state index >= 15 is 0 Å². The topological polar surface area (TPSA) is 60.1 Å². The summed E-state index contributed by atoms with van der Waals surface area (Å²) in [7, 11) is 0. The number of carbonyl (C=O) groups is 1. The number of alkyl halides is 3. The van der Waals surface area contributed by atoms with Crippen LogP contribution in [-0.4, -0.2) is 44.4 Å². The number of amides is 1. The second-order valence-electron chi connectivity index (χ2n) is 7.94. The van der Waals surface area contributed by atoms with Gasteiger partial charge in [0.05, 0.1) is 12.5 Å². The van der Waals surface area contributed by atoms with E-state index in [1.54, 1.807) is 4.90 Å². The van der Waals surface area contributed by atoms with Crippen LogP contribution in [0.25, 0.3) is 0 Å². The molecule has 1 aromatic carbocycles. The Morgan fingerprint density at radius 2 is 1.83 bits per heavy atom. The number of benzene rings is 1. The first-order chi connectivity index (χ1) is 13.7. The fourth-order valence-electron chi connectivity index (χ4n) is 4.17.